The number of carbonyl (C=O) groups excluding carboxylic acids is 1. The highest BCUT2D eigenvalue weighted by molar-refractivity contribution is 5.92. The van der Waals surface area contributed by atoms with Crippen molar-refractivity contribution in [3.63, 3.8) is 0 Å². The number of rotatable bonds is 5. The minimum atomic E-state index is -0.892. The fraction of sp³-hybridized carbons (Fsp3) is 0.429. The summed E-state index contributed by atoms with van der Waals surface area (Å²) >= 11 is 0. The lowest BCUT2D eigenvalue weighted by molar-refractivity contribution is -0.137. The van der Waals surface area contributed by atoms with Crippen LogP contribution in [0.1, 0.15) is 26.7 Å². The largest absolute Gasteiger partial charge is 0.481 e. The van der Waals surface area contributed by atoms with Crippen LogP contribution in [-0.2, 0) is 4.79 Å². The Bertz CT molecular complexity index is 556. The Morgan fingerprint density at radius 2 is 2.10 bits per heavy atom. The van der Waals surface area contributed by atoms with Crippen molar-refractivity contribution < 1.29 is 24.2 Å². The number of amides is 2. The number of aliphatic carboxylic acids is 1. The molecule has 0 aromatic heterocycles. The minimum absolute atomic E-state index is 0.00896. The number of anilines is 1. The van der Waals surface area contributed by atoms with Gasteiger partial charge in [-0.1, -0.05) is 6.07 Å². The zero-order valence-electron chi connectivity index (χ0n) is 11.9. The molecule has 2 amide bonds. The summed E-state index contributed by atoms with van der Waals surface area (Å²) in [6.45, 7) is 3.66. The zero-order chi connectivity index (χ0) is 15.5. The fourth-order valence-electron chi connectivity index (χ4n) is 1.97. The standard InChI is InChI=1S/C14H18N2O5/c1-14(2,7-6-11(17)18)16-13(19)15-9-4-3-5-10-12(9)21-8-20-10/h3-5H,6-8H2,1-2H3,(H,17,18)(H2,15,16,19). The second-order valence-electron chi connectivity index (χ2n) is 5.40. The van der Waals surface area contributed by atoms with Gasteiger partial charge in [0.2, 0.25) is 6.79 Å². The quantitative estimate of drug-likeness (QED) is 0.773. The Morgan fingerprint density at radius 3 is 2.81 bits per heavy atom. The molecule has 1 heterocycles. The average Bonchev–Trinajstić information content (AvgIpc) is 2.85. The van der Waals surface area contributed by atoms with Gasteiger partial charge in [0.15, 0.2) is 11.5 Å². The molecule has 0 saturated carbocycles. The number of fused-ring (bicyclic) bond motifs is 1. The summed E-state index contributed by atoms with van der Waals surface area (Å²) in [5.74, 6) is 0.186. The Hall–Kier alpha value is -2.44. The highest BCUT2D eigenvalue weighted by Crippen LogP contribution is 2.38. The van der Waals surface area contributed by atoms with Crippen LogP contribution in [-0.4, -0.2) is 29.4 Å². The summed E-state index contributed by atoms with van der Waals surface area (Å²) in [6, 6.07) is 4.78. The van der Waals surface area contributed by atoms with Crippen LogP contribution < -0.4 is 20.1 Å². The summed E-state index contributed by atoms with van der Waals surface area (Å²) in [5.41, 5.74) is -0.117. The van der Waals surface area contributed by atoms with Gasteiger partial charge in [0.05, 0.1) is 5.69 Å². The first-order valence-corrected chi connectivity index (χ1v) is 6.57. The molecule has 7 nitrogen and oxygen atoms in total. The molecular weight excluding hydrogens is 276 g/mol. The maximum absolute atomic E-state index is 12.0. The normalized spacial score (nSPS) is 12.9. The Labute approximate surface area is 122 Å². The number of carbonyl (C=O) groups is 2. The van der Waals surface area contributed by atoms with Gasteiger partial charge in [-0.25, -0.2) is 4.79 Å². The van der Waals surface area contributed by atoms with Crippen molar-refractivity contribution in [2.75, 3.05) is 12.1 Å². The van der Waals surface area contributed by atoms with E-state index in [2.05, 4.69) is 10.6 Å². The molecule has 0 aliphatic carbocycles. The lowest BCUT2D eigenvalue weighted by atomic mass is 9.99. The van der Waals surface area contributed by atoms with Crippen molar-refractivity contribution in [1.82, 2.24) is 5.32 Å². The van der Waals surface area contributed by atoms with Crippen LogP contribution in [0.15, 0.2) is 18.2 Å². The van der Waals surface area contributed by atoms with E-state index in [1.165, 1.54) is 0 Å². The Morgan fingerprint density at radius 1 is 1.33 bits per heavy atom. The SMILES string of the molecule is CC(C)(CCC(=O)O)NC(=O)Nc1cccc2c1OCO2. The topological polar surface area (TPSA) is 96.9 Å². The molecule has 1 aliphatic rings. The van der Waals surface area contributed by atoms with Gasteiger partial charge in [-0.2, -0.15) is 0 Å². The summed E-state index contributed by atoms with van der Waals surface area (Å²) in [4.78, 5) is 22.6. The third kappa shape index (κ3) is 4.01. The molecule has 0 saturated heterocycles. The summed E-state index contributed by atoms with van der Waals surface area (Å²) < 4.78 is 10.5. The van der Waals surface area contributed by atoms with Gasteiger partial charge in [0, 0.05) is 12.0 Å². The van der Waals surface area contributed by atoms with Crippen molar-refractivity contribution in [2.24, 2.45) is 0 Å². The van der Waals surface area contributed by atoms with E-state index in [9.17, 15) is 9.59 Å². The second-order valence-corrected chi connectivity index (χ2v) is 5.40. The van der Waals surface area contributed by atoms with Gasteiger partial charge in [0.25, 0.3) is 0 Å². The Balaban J connectivity index is 1.96. The molecule has 0 bridgehead atoms. The fourth-order valence-corrected chi connectivity index (χ4v) is 1.97. The van der Waals surface area contributed by atoms with Crippen LogP contribution in [0, 0.1) is 0 Å². The minimum Gasteiger partial charge on any atom is -0.481 e. The van der Waals surface area contributed by atoms with Gasteiger partial charge >= 0.3 is 12.0 Å². The van der Waals surface area contributed by atoms with Crippen molar-refractivity contribution >= 4 is 17.7 Å². The molecule has 0 spiro atoms. The lowest BCUT2D eigenvalue weighted by Gasteiger charge is -2.25. The van der Waals surface area contributed by atoms with Crippen LogP contribution in [0.3, 0.4) is 0 Å². The van der Waals surface area contributed by atoms with Crippen molar-refractivity contribution in [2.45, 2.75) is 32.2 Å². The van der Waals surface area contributed by atoms with Crippen LogP contribution in [0.2, 0.25) is 0 Å². The molecule has 1 aromatic carbocycles. The first-order chi connectivity index (χ1) is 9.87. The predicted molar refractivity (Wildman–Crippen MR) is 75.7 cm³/mol. The van der Waals surface area contributed by atoms with Crippen LogP contribution >= 0.6 is 0 Å². The van der Waals surface area contributed by atoms with E-state index in [0.29, 0.717) is 23.6 Å². The zero-order valence-corrected chi connectivity index (χ0v) is 11.9. The summed E-state index contributed by atoms with van der Waals surface area (Å²) in [6.07, 6.45) is 0.327. The molecule has 21 heavy (non-hydrogen) atoms. The first-order valence-electron chi connectivity index (χ1n) is 6.57. The number of hydrogen-bond acceptors (Lipinski definition) is 4. The number of benzene rings is 1. The van der Waals surface area contributed by atoms with E-state index in [-0.39, 0.29) is 13.2 Å². The monoisotopic (exact) mass is 294 g/mol. The van der Waals surface area contributed by atoms with Gasteiger partial charge < -0.3 is 25.2 Å². The third-order valence-electron chi connectivity index (χ3n) is 3.06. The average molecular weight is 294 g/mol. The van der Waals surface area contributed by atoms with Gasteiger partial charge in [-0.15, -0.1) is 0 Å². The molecular formula is C14H18N2O5. The third-order valence-corrected chi connectivity index (χ3v) is 3.06. The van der Waals surface area contributed by atoms with Crippen LogP contribution in [0.25, 0.3) is 0 Å². The Kier molecular flexibility index (Phi) is 4.21. The van der Waals surface area contributed by atoms with E-state index in [1.807, 2.05) is 0 Å². The smallest absolute Gasteiger partial charge is 0.319 e. The van der Waals surface area contributed by atoms with E-state index in [4.69, 9.17) is 14.6 Å². The molecule has 114 valence electrons. The maximum atomic E-state index is 12.0. The van der Waals surface area contributed by atoms with Crippen molar-refractivity contribution in [3.05, 3.63) is 18.2 Å². The van der Waals surface area contributed by atoms with E-state index >= 15 is 0 Å². The summed E-state index contributed by atoms with van der Waals surface area (Å²) in [5, 5.41) is 14.1. The molecule has 0 radical (unpaired) electrons. The van der Waals surface area contributed by atoms with E-state index in [0.717, 1.165) is 0 Å². The number of carboxylic acids is 1. The number of urea groups is 1. The van der Waals surface area contributed by atoms with Crippen LogP contribution in [0.5, 0.6) is 11.5 Å². The van der Waals surface area contributed by atoms with Gasteiger partial charge in [-0.3, -0.25) is 4.79 Å². The molecule has 2 rings (SSSR count). The predicted octanol–water partition coefficient (Wildman–Crippen LogP) is 2.18. The van der Waals surface area contributed by atoms with Crippen molar-refractivity contribution in [3.8, 4) is 11.5 Å². The second kappa shape index (κ2) is 5.90. The number of nitrogens with one attached hydrogen (secondary N) is 2. The maximum Gasteiger partial charge on any atom is 0.319 e. The molecule has 0 fully saturated rings. The van der Waals surface area contributed by atoms with Gasteiger partial charge in [-0.05, 0) is 32.4 Å². The molecule has 1 aromatic rings. The first kappa shape index (κ1) is 15.0. The molecule has 1 aliphatic heterocycles. The molecule has 7 heteroatoms. The molecule has 0 atom stereocenters. The number of carboxylic acid groups (broad SMARTS) is 1. The highest BCUT2D eigenvalue weighted by atomic mass is 16.7. The lowest BCUT2D eigenvalue weighted by Crippen LogP contribution is -2.45. The van der Waals surface area contributed by atoms with E-state index < -0.39 is 17.5 Å². The number of ether oxygens (including phenoxy) is 2. The number of para-hydroxylation sites is 1. The van der Waals surface area contributed by atoms with Crippen molar-refractivity contribution in [1.29, 1.82) is 0 Å². The number of hydrogen-bond donors (Lipinski definition) is 3. The molecule has 3 N–H and O–H groups in total. The molecule has 0 unspecified atom stereocenters. The van der Waals surface area contributed by atoms with Gasteiger partial charge in [0.1, 0.15) is 0 Å². The summed E-state index contributed by atoms with van der Waals surface area (Å²) in [7, 11) is 0. The van der Waals surface area contributed by atoms with Crippen LogP contribution in [0.4, 0.5) is 10.5 Å². The highest BCUT2D eigenvalue weighted by Gasteiger charge is 2.23. The van der Waals surface area contributed by atoms with E-state index in [1.54, 1.807) is 32.0 Å².